The molecule has 1 atom stereocenters. The number of nitrogens with one attached hydrogen (secondary N) is 1. The minimum atomic E-state index is -0.175. The van der Waals surface area contributed by atoms with E-state index in [1.165, 1.54) is 17.3 Å². The highest BCUT2D eigenvalue weighted by Gasteiger charge is 2.19. The Morgan fingerprint density at radius 1 is 1.04 bits per heavy atom. The van der Waals surface area contributed by atoms with Crippen LogP contribution < -0.4 is 0 Å². The van der Waals surface area contributed by atoms with E-state index in [0.29, 0.717) is 11.6 Å². The lowest BCUT2D eigenvalue weighted by Gasteiger charge is -2.11. The molecule has 128 valence electrons. The highest BCUT2D eigenvalue weighted by molar-refractivity contribution is 8.00. The summed E-state index contributed by atoms with van der Waals surface area (Å²) in [5, 5.41) is 8.92. The Morgan fingerprint density at radius 2 is 1.76 bits per heavy atom. The van der Waals surface area contributed by atoms with Crippen LogP contribution in [0.5, 0.6) is 0 Å². The molecule has 0 saturated carbocycles. The predicted octanol–water partition coefficient (Wildman–Crippen LogP) is 4.33. The monoisotopic (exact) mass is 351 g/mol. The normalized spacial score (nSPS) is 12.1. The number of hydrogen-bond acceptors (Lipinski definition) is 4. The zero-order valence-electron chi connectivity index (χ0n) is 14.4. The van der Waals surface area contributed by atoms with Gasteiger partial charge in [0.05, 0.1) is 5.25 Å². The maximum atomic E-state index is 12.0. The van der Waals surface area contributed by atoms with E-state index in [1.807, 2.05) is 42.5 Å². The first kappa shape index (κ1) is 17.4. The van der Waals surface area contributed by atoms with Gasteiger partial charge < -0.3 is 4.98 Å². The van der Waals surface area contributed by atoms with Crippen molar-refractivity contribution >= 4 is 17.5 Å². The van der Waals surface area contributed by atoms with Crippen LogP contribution >= 0.6 is 11.8 Å². The van der Waals surface area contributed by atoms with Gasteiger partial charge >= 0.3 is 0 Å². The van der Waals surface area contributed by atoms with Crippen LogP contribution in [0.15, 0.2) is 59.8 Å². The van der Waals surface area contributed by atoms with Crippen molar-refractivity contribution in [2.45, 2.75) is 37.1 Å². The van der Waals surface area contributed by atoms with E-state index in [9.17, 15) is 4.79 Å². The highest BCUT2D eigenvalue weighted by Crippen LogP contribution is 2.26. The summed E-state index contributed by atoms with van der Waals surface area (Å²) in [6, 6.07) is 18.3. The summed E-state index contributed by atoms with van der Waals surface area (Å²) in [6.07, 6.45) is 1.69. The lowest BCUT2D eigenvalue weighted by atomic mass is 10.1. The molecule has 25 heavy (non-hydrogen) atoms. The molecule has 0 amide bonds. The SMILES string of the molecule is CCc1ccc(-c2nnc(SC(Cc3ccccc3)C(C)=O)[nH]2)cc1. The van der Waals surface area contributed by atoms with Gasteiger partial charge in [0.25, 0.3) is 0 Å². The summed E-state index contributed by atoms with van der Waals surface area (Å²) in [4.78, 5) is 15.2. The summed E-state index contributed by atoms with van der Waals surface area (Å²) in [5.41, 5.74) is 3.43. The topological polar surface area (TPSA) is 58.6 Å². The summed E-state index contributed by atoms with van der Waals surface area (Å²) in [7, 11) is 0. The third-order valence-electron chi connectivity index (χ3n) is 4.07. The number of rotatable bonds is 7. The van der Waals surface area contributed by atoms with Crippen molar-refractivity contribution in [1.29, 1.82) is 0 Å². The average molecular weight is 351 g/mol. The summed E-state index contributed by atoms with van der Waals surface area (Å²) < 4.78 is 0. The Kier molecular flexibility index (Phi) is 5.66. The van der Waals surface area contributed by atoms with Crippen LogP contribution in [0.25, 0.3) is 11.4 Å². The number of aromatic nitrogens is 3. The third kappa shape index (κ3) is 4.57. The lowest BCUT2D eigenvalue weighted by Crippen LogP contribution is -2.17. The van der Waals surface area contributed by atoms with Crippen molar-refractivity contribution in [1.82, 2.24) is 15.2 Å². The van der Waals surface area contributed by atoms with Crippen molar-refractivity contribution in [3.8, 4) is 11.4 Å². The summed E-state index contributed by atoms with van der Waals surface area (Å²) in [6.45, 7) is 3.76. The highest BCUT2D eigenvalue weighted by atomic mass is 32.2. The number of H-pyrrole nitrogens is 1. The van der Waals surface area contributed by atoms with E-state index in [-0.39, 0.29) is 11.0 Å². The van der Waals surface area contributed by atoms with Gasteiger partial charge in [0.2, 0.25) is 0 Å². The van der Waals surface area contributed by atoms with Crippen LogP contribution in [0, 0.1) is 0 Å². The van der Waals surface area contributed by atoms with Gasteiger partial charge in [-0.15, -0.1) is 10.2 Å². The molecule has 0 fully saturated rings. The van der Waals surface area contributed by atoms with Crippen molar-refractivity contribution in [3.63, 3.8) is 0 Å². The van der Waals surface area contributed by atoms with Crippen LogP contribution in [0.1, 0.15) is 25.0 Å². The second-order valence-electron chi connectivity index (χ2n) is 5.94. The zero-order chi connectivity index (χ0) is 17.6. The van der Waals surface area contributed by atoms with E-state index >= 15 is 0 Å². The molecule has 0 radical (unpaired) electrons. The molecule has 4 nitrogen and oxygen atoms in total. The molecule has 0 aliphatic carbocycles. The van der Waals surface area contributed by atoms with Gasteiger partial charge in [0, 0.05) is 5.56 Å². The first-order valence-electron chi connectivity index (χ1n) is 8.38. The second kappa shape index (κ2) is 8.12. The van der Waals surface area contributed by atoms with Gasteiger partial charge in [0.1, 0.15) is 5.78 Å². The molecule has 1 heterocycles. The minimum Gasteiger partial charge on any atom is -0.316 e. The molecule has 0 saturated heterocycles. The summed E-state index contributed by atoms with van der Waals surface area (Å²) in [5.74, 6) is 0.867. The predicted molar refractivity (Wildman–Crippen MR) is 102 cm³/mol. The number of aryl methyl sites for hydroxylation is 1. The molecule has 0 aliphatic heterocycles. The van der Waals surface area contributed by atoms with Gasteiger partial charge in [-0.3, -0.25) is 4.79 Å². The largest absolute Gasteiger partial charge is 0.316 e. The van der Waals surface area contributed by atoms with E-state index in [2.05, 4.69) is 34.2 Å². The van der Waals surface area contributed by atoms with Crippen molar-refractivity contribution in [2.24, 2.45) is 0 Å². The fourth-order valence-electron chi connectivity index (χ4n) is 2.56. The molecular weight excluding hydrogens is 330 g/mol. The van der Waals surface area contributed by atoms with Crippen molar-refractivity contribution < 1.29 is 4.79 Å². The van der Waals surface area contributed by atoms with E-state index in [0.717, 1.165) is 23.4 Å². The number of ketones is 1. The fraction of sp³-hybridized carbons (Fsp3) is 0.250. The van der Waals surface area contributed by atoms with Crippen LogP contribution in [0.2, 0.25) is 0 Å². The van der Waals surface area contributed by atoms with E-state index in [4.69, 9.17) is 0 Å². The van der Waals surface area contributed by atoms with Crippen molar-refractivity contribution in [3.05, 3.63) is 65.7 Å². The van der Waals surface area contributed by atoms with Gasteiger partial charge in [0.15, 0.2) is 11.0 Å². The number of carbonyl (C=O) groups is 1. The number of Topliss-reactive ketones (excluding diaryl/α,β-unsaturated/α-hetero) is 1. The van der Waals surface area contributed by atoms with E-state index in [1.54, 1.807) is 6.92 Å². The molecule has 1 unspecified atom stereocenters. The molecule has 1 aromatic heterocycles. The molecule has 2 aromatic carbocycles. The number of thioether (sulfide) groups is 1. The van der Waals surface area contributed by atoms with Crippen LogP contribution in [0.4, 0.5) is 0 Å². The van der Waals surface area contributed by atoms with Crippen molar-refractivity contribution in [2.75, 3.05) is 0 Å². The Balaban J connectivity index is 1.72. The Morgan fingerprint density at radius 3 is 2.40 bits per heavy atom. The molecule has 0 bridgehead atoms. The second-order valence-corrected chi connectivity index (χ2v) is 7.13. The van der Waals surface area contributed by atoms with Gasteiger partial charge in [-0.05, 0) is 30.9 Å². The lowest BCUT2D eigenvalue weighted by molar-refractivity contribution is -0.116. The molecular formula is C20H21N3OS. The quantitative estimate of drug-likeness (QED) is 0.644. The number of nitrogens with zero attached hydrogens (tertiary/aromatic N) is 2. The third-order valence-corrected chi connectivity index (χ3v) is 5.26. The molecule has 3 rings (SSSR count). The molecule has 0 spiro atoms. The molecule has 1 N–H and O–H groups in total. The number of hydrogen-bond donors (Lipinski definition) is 1. The summed E-state index contributed by atoms with van der Waals surface area (Å²) >= 11 is 1.44. The van der Waals surface area contributed by atoms with Crippen LogP contribution in [-0.4, -0.2) is 26.2 Å². The van der Waals surface area contributed by atoms with Gasteiger partial charge in [-0.1, -0.05) is 73.3 Å². The van der Waals surface area contributed by atoms with Crippen LogP contribution in [0.3, 0.4) is 0 Å². The molecule has 5 heteroatoms. The Hall–Kier alpha value is -2.40. The first-order valence-corrected chi connectivity index (χ1v) is 9.26. The molecule has 3 aromatic rings. The number of aromatic amines is 1. The minimum absolute atomic E-state index is 0.138. The van der Waals surface area contributed by atoms with Gasteiger partial charge in [-0.25, -0.2) is 0 Å². The standard InChI is InChI=1S/C20H21N3OS/c1-3-15-9-11-17(12-10-15)19-21-20(23-22-19)25-18(14(2)24)13-16-7-5-4-6-8-16/h4-12,18H,3,13H2,1-2H3,(H,21,22,23). The Labute approximate surface area is 152 Å². The maximum absolute atomic E-state index is 12.0. The zero-order valence-corrected chi connectivity index (χ0v) is 15.2. The maximum Gasteiger partial charge on any atom is 0.189 e. The van der Waals surface area contributed by atoms with E-state index < -0.39 is 0 Å². The Bertz CT molecular complexity index is 828. The molecule has 0 aliphatic rings. The number of benzene rings is 2. The van der Waals surface area contributed by atoms with Crippen LogP contribution in [-0.2, 0) is 17.6 Å². The fourth-order valence-corrected chi connectivity index (χ4v) is 3.51. The number of carbonyl (C=O) groups excluding carboxylic acids is 1. The van der Waals surface area contributed by atoms with Gasteiger partial charge in [-0.2, -0.15) is 0 Å². The smallest absolute Gasteiger partial charge is 0.189 e. The first-order chi connectivity index (χ1) is 12.2. The average Bonchev–Trinajstić information content (AvgIpc) is 3.10.